The van der Waals surface area contributed by atoms with Crippen molar-refractivity contribution in [3.8, 4) is 17.2 Å². The zero-order valence-electron chi connectivity index (χ0n) is 26.3. The number of ether oxygens (including phenoxy) is 4. The molecule has 42 heavy (non-hydrogen) atoms. The van der Waals surface area contributed by atoms with E-state index >= 15 is 0 Å². The van der Waals surface area contributed by atoms with Crippen molar-refractivity contribution in [2.75, 3.05) is 52.9 Å². The molecule has 5 rings (SSSR count). The Balaban J connectivity index is 1.42. The van der Waals surface area contributed by atoms with E-state index in [0.717, 1.165) is 62.6 Å². The van der Waals surface area contributed by atoms with Crippen molar-refractivity contribution >= 4 is 11.3 Å². The highest BCUT2D eigenvalue weighted by atomic mass is 16.5. The largest absolute Gasteiger partial charge is 0.497 e. The normalized spacial score (nSPS) is 21.3. The number of nitrogens with zero attached hydrogens (tertiary/aromatic N) is 2. The molecule has 2 heterocycles. The van der Waals surface area contributed by atoms with Crippen LogP contribution in [0.1, 0.15) is 69.4 Å². The first-order valence-corrected chi connectivity index (χ1v) is 15.6. The minimum atomic E-state index is 0.141. The predicted octanol–water partition coefficient (Wildman–Crippen LogP) is 6.59. The van der Waals surface area contributed by atoms with E-state index in [2.05, 4.69) is 84.7 Å². The molecule has 1 saturated heterocycles. The molecular formula is C35H49N3O4. The SMILES string of the molecule is COc1ccc(N(CC2=CN(C)CC(c3cc(OC)c(OC)c(C4CC4)c3)=C2)C2CCCC(OC(C)C)NCC2)cc1. The van der Waals surface area contributed by atoms with Gasteiger partial charge in [-0.2, -0.15) is 0 Å². The molecule has 1 aliphatic carbocycles. The average Bonchev–Trinajstić information content (AvgIpc) is 3.82. The van der Waals surface area contributed by atoms with Crippen LogP contribution >= 0.6 is 0 Å². The Morgan fingerprint density at radius 1 is 0.952 bits per heavy atom. The minimum absolute atomic E-state index is 0.141. The summed E-state index contributed by atoms with van der Waals surface area (Å²) >= 11 is 0. The van der Waals surface area contributed by atoms with Gasteiger partial charge < -0.3 is 28.7 Å². The zero-order chi connectivity index (χ0) is 29.6. The van der Waals surface area contributed by atoms with Crippen LogP contribution < -0.4 is 24.4 Å². The number of hydrogen-bond acceptors (Lipinski definition) is 7. The van der Waals surface area contributed by atoms with Gasteiger partial charge in [-0.3, -0.25) is 5.32 Å². The van der Waals surface area contributed by atoms with Crippen molar-refractivity contribution in [3.63, 3.8) is 0 Å². The Morgan fingerprint density at radius 3 is 2.40 bits per heavy atom. The van der Waals surface area contributed by atoms with E-state index < -0.39 is 0 Å². The van der Waals surface area contributed by atoms with E-state index in [4.69, 9.17) is 18.9 Å². The van der Waals surface area contributed by atoms with E-state index in [1.165, 1.54) is 40.8 Å². The van der Waals surface area contributed by atoms with Crippen LogP contribution in [0.2, 0.25) is 0 Å². The van der Waals surface area contributed by atoms with Crippen molar-refractivity contribution < 1.29 is 18.9 Å². The van der Waals surface area contributed by atoms with Crippen LogP contribution in [0.4, 0.5) is 5.69 Å². The second-order valence-corrected chi connectivity index (χ2v) is 12.2. The molecule has 2 fully saturated rings. The maximum atomic E-state index is 6.10. The maximum absolute atomic E-state index is 6.10. The summed E-state index contributed by atoms with van der Waals surface area (Å²) in [4.78, 5) is 4.89. The molecule has 7 nitrogen and oxygen atoms in total. The van der Waals surface area contributed by atoms with Gasteiger partial charge in [-0.1, -0.05) is 6.08 Å². The Hall–Kier alpha value is -3.16. The van der Waals surface area contributed by atoms with Crippen molar-refractivity contribution in [3.05, 3.63) is 65.4 Å². The maximum Gasteiger partial charge on any atom is 0.164 e. The third kappa shape index (κ3) is 7.42. The van der Waals surface area contributed by atoms with Crippen molar-refractivity contribution in [2.45, 2.75) is 76.7 Å². The monoisotopic (exact) mass is 575 g/mol. The Morgan fingerprint density at radius 2 is 1.74 bits per heavy atom. The molecule has 0 radical (unpaired) electrons. The summed E-state index contributed by atoms with van der Waals surface area (Å²) in [6.07, 6.45) is 11.8. The second kappa shape index (κ2) is 13.9. The fourth-order valence-electron chi connectivity index (χ4n) is 6.40. The average molecular weight is 576 g/mol. The van der Waals surface area contributed by atoms with Crippen LogP contribution in [0, 0.1) is 0 Å². The van der Waals surface area contributed by atoms with Gasteiger partial charge in [-0.05, 0) is 118 Å². The van der Waals surface area contributed by atoms with Crippen LogP contribution in [0.5, 0.6) is 17.2 Å². The number of hydrogen-bond donors (Lipinski definition) is 1. The minimum Gasteiger partial charge on any atom is -0.497 e. The van der Waals surface area contributed by atoms with Crippen LogP contribution in [-0.2, 0) is 4.74 Å². The highest BCUT2D eigenvalue weighted by Crippen LogP contribution is 2.48. The first-order valence-electron chi connectivity index (χ1n) is 15.6. The van der Waals surface area contributed by atoms with Crippen LogP contribution in [-0.4, -0.2) is 71.3 Å². The lowest BCUT2D eigenvalue weighted by Crippen LogP contribution is -2.43. The summed E-state index contributed by atoms with van der Waals surface area (Å²) in [5.41, 5.74) is 6.32. The molecule has 3 aliphatic rings. The highest BCUT2D eigenvalue weighted by molar-refractivity contribution is 5.74. The molecule has 2 unspecified atom stereocenters. The fraction of sp³-hybridized carbons (Fsp3) is 0.543. The Labute approximate surface area is 252 Å². The molecule has 2 aromatic rings. The number of benzene rings is 2. The summed E-state index contributed by atoms with van der Waals surface area (Å²) in [5.74, 6) is 3.15. The molecule has 1 N–H and O–H groups in total. The first-order chi connectivity index (χ1) is 20.4. The molecule has 2 aromatic carbocycles. The highest BCUT2D eigenvalue weighted by Gasteiger charge is 2.30. The van der Waals surface area contributed by atoms with Gasteiger partial charge in [0.2, 0.25) is 0 Å². The van der Waals surface area contributed by atoms with E-state index in [0.29, 0.717) is 12.0 Å². The topological polar surface area (TPSA) is 55.4 Å². The van der Waals surface area contributed by atoms with Crippen molar-refractivity contribution in [2.24, 2.45) is 0 Å². The number of nitrogens with one attached hydrogen (secondary N) is 1. The van der Waals surface area contributed by atoms with Crippen LogP contribution in [0.3, 0.4) is 0 Å². The van der Waals surface area contributed by atoms with Gasteiger partial charge in [-0.25, -0.2) is 0 Å². The molecule has 0 aromatic heterocycles. The Bertz CT molecular complexity index is 1240. The molecular weight excluding hydrogens is 526 g/mol. The lowest BCUT2D eigenvalue weighted by atomic mass is 9.95. The summed E-state index contributed by atoms with van der Waals surface area (Å²) in [5, 5.41) is 3.66. The predicted molar refractivity (Wildman–Crippen MR) is 171 cm³/mol. The third-order valence-electron chi connectivity index (χ3n) is 8.55. The molecule has 7 heteroatoms. The van der Waals surface area contributed by atoms with Crippen molar-refractivity contribution in [1.82, 2.24) is 10.2 Å². The zero-order valence-corrected chi connectivity index (χ0v) is 26.3. The standard InChI is InChI=1S/C35H49N3O4/c1-24(2)42-34-9-7-8-29(16-17-36-34)38(30-12-14-31(39-4)15-13-30)22-25-18-28(23-37(3)21-25)27-19-32(26-10-11-26)35(41-6)33(20-27)40-5/h12-15,18-21,24,26,29,34,36H,7-11,16-17,22-23H2,1-6H3. The number of rotatable bonds is 11. The van der Waals surface area contributed by atoms with Crippen molar-refractivity contribution in [1.29, 1.82) is 0 Å². The van der Waals surface area contributed by atoms with Crippen LogP contribution in [0.25, 0.3) is 5.57 Å². The summed E-state index contributed by atoms with van der Waals surface area (Å²) < 4.78 is 23.2. The van der Waals surface area contributed by atoms with E-state index in [9.17, 15) is 0 Å². The summed E-state index contributed by atoms with van der Waals surface area (Å²) in [7, 11) is 7.37. The molecule has 0 amide bonds. The van der Waals surface area contributed by atoms with Gasteiger partial charge in [0.15, 0.2) is 11.5 Å². The van der Waals surface area contributed by atoms with Gasteiger partial charge in [0.1, 0.15) is 12.0 Å². The molecule has 0 bridgehead atoms. The number of anilines is 1. The molecule has 1 saturated carbocycles. The van der Waals surface area contributed by atoms with Gasteiger partial charge in [0.25, 0.3) is 0 Å². The van der Waals surface area contributed by atoms with Crippen LogP contribution in [0.15, 0.2) is 54.2 Å². The Kier molecular flexibility index (Phi) is 10.0. The van der Waals surface area contributed by atoms with Gasteiger partial charge in [0, 0.05) is 43.6 Å². The van der Waals surface area contributed by atoms with E-state index in [1.807, 2.05) is 0 Å². The number of methoxy groups -OCH3 is 3. The molecule has 2 atom stereocenters. The van der Waals surface area contributed by atoms with E-state index in [-0.39, 0.29) is 12.3 Å². The lowest BCUT2D eigenvalue weighted by molar-refractivity contribution is -0.0204. The van der Waals surface area contributed by atoms with Gasteiger partial charge >= 0.3 is 0 Å². The quantitative estimate of drug-likeness (QED) is 0.324. The summed E-state index contributed by atoms with van der Waals surface area (Å²) in [6.45, 7) is 6.85. The molecule has 228 valence electrons. The number of likely N-dealkylation sites (N-methyl/N-ethyl adjacent to an activating group) is 1. The third-order valence-corrected chi connectivity index (χ3v) is 8.55. The van der Waals surface area contributed by atoms with E-state index in [1.54, 1.807) is 21.3 Å². The molecule has 0 spiro atoms. The smallest absolute Gasteiger partial charge is 0.164 e. The summed E-state index contributed by atoms with van der Waals surface area (Å²) in [6, 6.07) is 13.4. The fourth-order valence-corrected chi connectivity index (χ4v) is 6.40. The molecule has 2 aliphatic heterocycles. The van der Waals surface area contributed by atoms with Gasteiger partial charge in [0.05, 0.1) is 27.4 Å². The first kappa shape index (κ1) is 30.3. The second-order valence-electron chi connectivity index (χ2n) is 12.2. The lowest BCUT2D eigenvalue weighted by Gasteiger charge is -2.38. The van der Waals surface area contributed by atoms with Gasteiger partial charge in [-0.15, -0.1) is 0 Å².